The van der Waals surface area contributed by atoms with Gasteiger partial charge >= 0.3 is 0 Å². The summed E-state index contributed by atoms with van der Waals surface area (Å²) in [6.07, 6.45) is 0. The van der Waals surface area contributed by atoms with Crippen molar-refractivity contribution in [1.82, 2.24) is 10.2 Å². The van der Waals surface area contributed by atoms with Crippen molar-refractivity contribution in [3.8, 4) is 6.07 Å². The molecule has 0 aliphatic carbocycles. The summed E-state index contributed by atoms with van der Waals surface area (Å²) in [5.41, 5.74) is 5.71. The highest BCUT2D eigenvalue weighted by Crippen LogP contribution is 2.16. The molecule has 5 nitrogen and oxygen atoms in total. The van der Waals surface area contributed by atoms with E-state index in [1.807, 2.05) is 19.0 Å². The molecular weight excluding hydrogens is 247 g/mol. The van der Waals surface area contributed by atoms with Crippen LogP contribution in [0.2, 0.25) is 0 Å². The number of hydrogen-bond acceptors (Lipinski definition) is 4. The van der Waals surface area contributed by atoms with Gasteiger partial charge in [0.2, 0.25) is 5.91 Å². The van der Waals surface area contributed by atoms with Crippen LogP contribution in [-0.4, -0.2) is 38.0 Å². The van der Waals surface area contributed by atoms with Gasteiger partial charge < -0.3 is 16.0 Å². The second-order valence-corrected chi connectivity index (χ2v) is 4.44. The Labute approximate surface area is 111 Å². The number of rotatable bonds is 6. The molecule has 6 heteroatoms. The van der Waals surface area contributed by atoms with Crippen molar-refractivity contribution in [1.29, 1.82) is 5.26 Å². The Kier molecular flexibility index (Phi) is 5.42. The zero-order chi connectivity index (χ0) is 14.4. The first-order valence-electron chi connectivity index (χ1n) is 5.82. The van der Waals surface area contributed by atoms with Crippen molar-refractivity contribution < 1.29 is 9.18 Å². The van der Waals surface area contributed by atoms with E-state index in [0.29, 0.717) is 12.1 Å². The molecule has 0 aliphatic heterocycles. The first-order valence-corrected chi connectivity index (χ1v) is 5.82. The Bertz CT molecular complexity index is 496. The summed E-state index contributed by atoms with van der Waals surface area (Å²) in [5.74, 6) is -1.17. The van der Waals surface area contributed by atoms with Crippen molar-refractivity contribution in [2.75, 3.05) is 27.2 Å². The first kappa shape index (κ1) is 15.1. The fraction of sp³-hybridized carbons (Fsp3) is 0.385. The number of amides is 1. The standard InChI is InChI=1S/C13H17FN4O/c1-18(2)6-5-17-12(13(16)19)9-3-4-11(14)10(7-9)8-15/h3-4,7,12,17H,5-6H2,1-2H3,(H2,16,19). The van der Waals surface area contributed by atoms with Crippen molar-refractivity contribution in [2.45, 2.75) is 6.04 Å². The number of benzene rings is 1. The summed E-state index contributed by atoms with van der Waals surface area (Å²) >= 11 is 0. The predicted molar refractivity (Wildman–Crippen MR) is 69.6 cm³/mol. The largest absolute Gasteiger partial charge is 0.368 e. The summed E-state index contributed by atoms with van der Waals surface area (Å²) in [5, 5.41) is 11.8. The van der Waals surface area contributed by atoms with Crippen LogP contribution >= 0.6 is 0 Å². The predicted octanol–water partition coefficient (Wildman–Crippen LogP) is 0.375. The van der Waals surface area contributed by atoms with Gasteiger partial charge in [0, 0.05) is 13.1 Å². The Morgan fingerprint density at radius 1 is 1.58 bits per heavy atom. The quantitative estimate of drug-likeness (QED) is 0.778. The van der Waals surface area contributed by atoms with Crippen LogP contribution < -0.4 is 11.1 Å². The number of carbonyl (C=O) groups is 1. The van der Waals surface area contributed by atoms with Gasteiger partial charge in [0.1, 0.15) is 17.9 Å². The molecule has 0 aliphatic rings. The van der Waals surface area contributed by atoms with Gasteiger partial charge in [0.15, 0.2) is 0 Å². The van der Waals surface area contributed by atoms with E-state index in [2.05, 4.69) is 5.32 Å². The fourth-order valence-corrected chi connectivity index (χ4v) is 1.62. The van der Waals surface area contributed by atoms with Crippen molar-refractivity contribution >= 4 is 5.91 Å². The van der Waals surface area contributed by atoms with Crippen LogP contribution in [0.3, 0.4) is 0 Å². The maximum Gasteiger partial charge on any atom is 0.239 e. The second kappa shape index (κ2) is 6.83. The molecule has 1 rings (SSSR count). The van der Waals surface area contributed by atoms with Crippen molar-refractivity contribution in [3.05, 3.63) is 35.1 Å². The monoisotopic (exact) mass is 264 g/mol. The highest BCUT2D eigenvalue weighted by Gasteiger charge is 2.18. The van der Waals surface area contributed by atoms with Gasteiger partial charge in [-0.3, -0.25) is 4.79 Å². The molecule has 0 fully saturated rings. The van der Waals surface area contributed by atoms with Crippen LogP contribution in [-0.2, 0) is 4.79 Å². The van der Waals surface area contributed by atoms with Crippen LogP contribution in [0.4, 0.5) is 4.39 Å². The summed E-state index contributed by atoms with van der Waals surface area (Å²) < 4.78 is 13.2. The molecule has 0 radical (unpaired) electrons. The minimum absolute atomic E-state index is 0.0989. The molecule has 0 aromatic heterocycles. The number of nitrogens with zero attached hydrogens (tertiary/aromatic N) is 2. The lowest BCUT2D eigenvalue weighted by atomic mass is 10.0. The highest BCUT2D eigenvalue weighted by atomic mass is 19.1. The maximum atomic E-state index is 13.2. The smallest absolute Gasteiger partial charge is 0.239 e. The van der Waals surface area contributed by atoms with Crippen LogP contribution in [0.5, 0.6) is 0 Å². The van der Waals surface area contributed by atoms with Gasteiger partial charge in [0.25, 0.3) is 0 Å². The first-order chi connectivity index (χ1) is 8.95. The summed E-state index contributed by atoms with van der Waals surface area (Å²) in [4.78, 5) is 13.4. The Balaban J connectivity index is 2.88. The third-order valence-corrected chi connectivity index (χ3v) is 2.64. The molecule has 3 N–H and O–H groups in total. The minimum Gasteiger partial charge on any atom is -0.368 e. The summed E-state index contributed by atoms with van der Waals surface area (Å²) in [6, 6.07) is 4.97. The highest BCUT2D eigenvalue weighted by molar-refractivity contribution is 5.81. The molecule has 1 aromatic rings. The van der Waals surface area contributed by atoms with Crippen molar-refractivity contribution in [3.63, 3.8) is 0 Å². The average Bonchev–Trinajstić information content (AvgIpc) is 2.35. The third-order valence-electron chi connectivity index (χ3n) is 2.64. The van der Waals surface area contributed by atoms with Gasteiger partial charge in [-0.25, -0.2) is 4.39 Å². The van der Waals surface area contributed by atoms with Gasteiger partial charge in [0.05, 0.1) is 5.56 Å². The van der Waals surface area contributed by atoms with Gasteiger partial charge in [-0.05, 0) is 31.8 Å². The molecule has 1 unspecified atom stereocenters. The maximum absolute atomic E-state index is 13.2. The fourth-order valence-electron chi connectivity index (χ4n) is 1.62. The zero-order valence-electron chi connectivity index (χ0n) is 11.0. The van der Waals surface area contributed by atoms with E-state index in [1.54, 1.807) is 6.07 Å². The van der Waals surface area contributed by atoms with E-state index in [-0.39, 0.29) is 5.56 Å². The van der Waals surface area contributed by atoms with E-state index < -0.39 is 17.8 Å². The van der Waals surface area contributed by atoms with E-state index >= 15 is 0 Å². The lowest BCUT2D eigenvalue weighted by molar-refractivity contribution is -0.120. The Hall–Kier alpha value is -1.97. The molecule has 0 spiro atoms. The average molecular weight is 264 g/mol. The molecule has 0 saturated carbocycles. The van der Waals surface area contributed by atoms with Crippen LogP contribution in [0, 0.1) is 17.1 Å². The number of nitriles is 1. The number of hydrogen-bond donors (Lipinski definition) is 2. The van der Waals surface area contributed by atoms with E-state index in [0.717, 1.165) is 12.6 Å². The second-order valence-electron chi connectivity index (χ2n) is 4.44. The van der Waals surface area contributed by atoms with Crippen LogP contribution in [0.25, 0.3) is 0 Å². The number of nitrogens with two attached hydrogens (primary N) is 1. The Morgan fingerprint density at radius 3 is 2.79 bits per heavy atom. The van der Waals surface area contributed by atoms with Crippen molar-refractivity contribution in [2.24, 2.45) is 5.73 Å². The molecular formula is C13H17FN4O. The normalized spacial score (nSPS) is 12.2. The molecule has 0 heterocycles. The van der Waals surface area contributed by atoms with Gasteiger partial charge in [-0.2, -0.15) is 5.26 Å². The molecule has 1 aromatic carbocycles. The molecule has 102 valence electrons. The molecule has 19 heavy (non-hydrogen) atoms. The van der Waals surface area contributed by atoms with Gasteiger partial charge in [-0.1, -0.05) is 6.07 Å². The van der Waals surface area contributed by atoms with E-state index in [4.69, 9.17) is 11.0 Å². The molecule has 0 saturated heterocycles. The number of primary amides is 1. The topological polar surface area (TPSA) is 82.2 Å². The lowest BCUT2D eigenvalue weighted by Gasteiger charge is -2.18. The van der Waals surface area contributed by atoms with Gasteiger partial charge in [-0.15, -0.1) is 0 Å². The van der Waals surface area contributed by atoms with E-state index in [9.17, 15) is 9.18 Å². The van der Waals surface area contributed by atoms with Crippen LogP contribution in [0.15, 0.2) is 18.2 Å². The number of likely N-dealkylation sites (N-methyl/N-ethyl adjacent to an activating group) is 1. The number of nitrogens with one attached hydrogen (secondary N) is 1. The molecule has 0 bridgehead atoms. The minimum atomic E-state index is -0.729. The third kappa shape index (κ3) is 4.32. The molecule has 1 atom stereocenters. The summed E-state index contributed by atoms with van der Waals surface area (Å²) in [6.45, 7) is 1.29. The zero-order valence-corrected chi connectivity index (χ0v) is 11.0. The van der Waals surface area contributed by atoms with E-state index in [1.165, 1.54) is 12.1 Å². The Morgan fingerprint density at radius 2 is 2.26 bits per heavy atom. The van der Waals surface area contributed by atoms with Crippen LogP contribution in [0.1, 0.15) is 17.2 Å². The number of carbonyl (C=O) groups excluding carboxylic acids is 1. The SMILES string of the molecule is CN(C)CCNC(C(N)=O)c1ccc(F)c(C#N)c1. The number of halogens is 1. The summed E-state index contributed by atoms with van der Waals surface area (Å²) in [7, 11) is 3.82. The lowest BCUT2D eigenvalue weighted by Crippen LogP contribution is -2.37. The molecule has 1 amide bonds.